The minimum Gasteiger partial charge on any atom is -0.401 e. The summed E-state index contributed by atoms with van der Waals surface area (Å²) < 4.78 is 0. The molecule has 3 rings (SSSR count). The van der Waals surface area contributed by atoms with E-state index in [4.69, 9.17) is 11.1 Å². The van der Waals surface area contributed by atoms with Gasteiger partial charge in [0.05, 0.1) is 11.2 Å². The van der Waals surface area contributed by atoms with Crippen molar-refractivity contribution >= 4 is 22.7 Å². The van der Waals surface area contributed by atoms with E-state index in [1.807, 2.05) is 18.2 Å². The van der Waals surface area contributed by atoms with E-state index in [9.17, 15) is 0 Å². The number of nitrogens with one attached hydrogen (secondary N) is 1. The lowest BCUT2D eigenvalue weighted by Crippen LogP contribution is -2.07. The summed E-state index contributed by atoms with van der Waals surface area (Å²) in [7, 11) is 0. The molecule has 4 heteroatoms. The van der Waals surface area contributed by atoms with Gasteiger partial charge in [0.2, 0.25) is 0 Å². The molecule has 1 aliphatic rings. The maximum absolute atomic E-state index is 7.59. The first-order chi connectivity index (χ1) is 8.81. The molecule has 2 heterocycles. The fourth-order valence-corrected chi connectivity index (χ4v) is 2.10. The van der Waals surface area contributed by atoms with Gasteiger partial charge in [0.25, 0.3) is 0 Å². The van der Waals surface area contributed by atoms with Crippen LogP contribution in [0.4, 0.5) is 0 Å². The molecular weight excluding hydrogens is 224 g/mol. The first-order valence-electron chi connectivity index (χ1n) is 6.01. The van der Waals surface area contributed by atoms with Gasteiger partial charge in [0.1, 0.15) is 0 Å². The van der Waals surface area contributed by atoms with Crippen LogP contribution in [0.1, 0.15) is 18.5 Å². The first kappa shape index (κ1) is 10.9. The smallest absolute Gasteiger partial charge is 0.0997 e. The van der Waals surface area contributed by atoms with Gasteiger partial charge in [-0.05, 0) is 30.9 Å². The number of nitrogens with two attached hydrogens (primary N) is 1. The van der Waals surface area contributed by atoms with Crippen molar-refractivity contribution in [1.29, 1.82) is 5.41 Å². The molecule has 2 aromatic rings. The van der Waals surface area contributed by atoms with E-state index < -0.39 is 0 Å². The van der Waals surface area contributed by atoms with Crippen LogP contribution in [0.25, 0.3) is 16.5 Å². The predicted octanol–water partition coefficient (Wildman–Crippen LogP) is 2.36. The minimum absolute atomic E-state index is 0.419. The second kappa shape index (κ2) is 4.22. The second-order valence-corrected chi connectivity index (χ2v) is 4.52. The molecule has 0 spiro atoms. The largest absolute Gasteiger partial charge is 0.401 e. The Bertz CT molecular complexity index is 636. The molecule has 1 aliphatic carbocycles. The molecule has 18 heavy (non-hydrogen) atoms. The van der Waals surface area contributed by atoms with Crippen molar-refractivity contribution in [2.24, 2.45) is 11.7 Å². The second-order valence-electron chi connectivity index (χ2n) is 4.52. The molecule has 0 aliphatic heterocycles. The number of nitrogens with zero attached hydrogens (tertiary/aromatic N) is 2. The number of aromatic nitrogens is 2. The topological polar surface area (TPSA) is 75.7 Å². The fourth-order valence-electron chi connectivity index (χ4n) is 2.10. The summed E-state index contributed by atoms with van der Waals surface area (Å²) in [6.45, 7) is 0. The van der Waals surface area contributed by atoms with Crippen molar-refractivity contribution in [2.45, 2.75) is 12.8 Å². The molecule has 1 saturated carbocycles. The average molecular weight is 238 g/mol. The highest BCUT2D eigenvalue weighted by Crippen LogP contribution is 2.37. The van der Waals surface area contributed by atoms with Gasteiger partial charge in [-0.2, -0.15) is 0 Å². The lowest BCUT2D eigenvalue weighted by Gasteiger charge is -2.08. The standard InChI is InChI=1S/C14H14N4/c15-8-11(12(16)9-3-4-9)14-13-10(5-7-18-14)2-1-6-17-13/h1-2,5-9,15H,3-4,16H2. The van der Waals surface area contributed by atoms with Crippen LogP contribution in [-0.2, 0) is 0 Å². The third kappa shape index (κ3) is 1.76. The lowest BCUT2D eigenvalue weighted by atomic mass is 10.1. The molecule has 0 aromatic carbocycles. The zero-order chi connectivity index (χ0) is 12.5. The molecular formula is C14H14N4. The van der Waals surface area contributed by atoms with Crippen LogP contribution in [0.2, 0.25) is 0 Å². The minimum atomic E-state index is 0.419. The van der Waals surface area contributed by atoms with Crippen molar-refractivity contribution in [1.82, 2.24) is 9.97 Å². The van der Waals surface area contributed by atoms with E-state index >= 15 is 0 Å². The molecule has 90 valence electrons. The van der Waals surface area contributed by atoms with E-state index in [2.05, 4.69) is 9.97 Å². The Morgan fingerprint density at radius 2 is 2.11 bits per heavy atom. The highest BCUT2D eigenvalue weighted by atomic mass is 14.8. The molecule has 3 N–H and O–H groups in total. The van der Waals surface area contributed by atoms with Crippen molar-refractivity contribution < 1.29 is 0 Å². The van der Waals surface area contributed by atoms with Crippen molar-refractivity contribution in [2.75, 3.05) is 0 Å². The summed E-state index contributed by atoms with van der Waals surface area (Å²) in [5.41, 5.74) is 9.12. The molecule has 0 radical (unpaired) electrons. The van der Waals surface area contributed by atoms with Gasteiger partial charge in [0.15, 0.2) is 0 Å². The van der Waals surface area contributed by atoms with Crippen LogP contribution in [0.3, 0.4) is 0 Å². The maximum atomic E-state index is 7.59. The van der Waals surface area contributed by atoms with Crippen molar-refractivity contribution in [3.8, 4) is 0 Å². The molecule has 0 amide bonds. The zero-order valence-electron chi connectivity index (χ0n) is 9.93. The number of hydrogen-bond donors (Lipinski definition) is 2. The van der Waals surface area contributed by atoms with E-state index in [-0.39, 0.29) is 0 Å². The molecule has 0 atom stereocenters. The SMILES string of the molecule is N=CC(=C(N)C1CC1)c1nccc2cccnc12. The molecule has 0 bridgehead atoms. The van der Waals surface area contributed by atoms with E-state index in [1.165, 1.54) is 6.21 Å². The van der Waals surface area contributed by atoms with Crippen LogP contribution in [0.15, 0.2) is 36.3 Å². The number of rotatable bonds is 3. The van der Waals surface area contributed by atoms with Gasteiger partial charge >= 0.3 is 0 Å². The monoisotopic (exact) mass is 238 g/mol. The summed E-state index contributed by atoms with van der Waals surface area (Å²) in [5.74, 6) is 0.419. The molecule has 0 saturated heterocycles. The van der Waals surface area contributed by atoms with E-state index in [0.29, 0.717) is 17.2 Å². The van der Waals surface area contributed by atoms with Crippen LogP contribution in [0, 0.1) is 11.3 Å². The quantitative estimate of drug-likeness (QED) is 0.806. The summed E-state index contributed by atoms with van der Waals surface area (Å²) in [5, 5.41) is 8.61. The normalized spacial score (nSPS) is 16.4. The Kier molecular flexibility index (Phi) is 2.55. The van der Waals surface area contributed by atoms with Gasteiger partial charge in [-0.15, -0.1) is 0 Å². The van der Waals surface area contributed by atoms with Gasteiger partial charge in [-0.3, -0.25) is 9.97 Å². The van der Waals surface area contributed by atoms with E-state index in [0.717, 1.165) is 29.4 Å². The van der Waals surface area contributed by atoms with E-state index in [1.54, 1.807) is 12.4 Å². The lowest BCUT2D eigenvalue weighted by molar-refractivity contribution is 0.986. The molecule has 2 aromatic heterocycles. The first-order valence-corrected chi connectivity index (χ1v) is 6.01. The summed E-state index contributed by atoms with van der Waals surface area (Å²) in [6, 6.07) is 5.80. The zero-order valence-corrected chi connectivity index (χ0v) is 9.93. The highest BCUT2D eigenvalue weighted by Gasteiger charge is 2.27. The number of pyridine rings is 2. The van der Waals surface area contributed by atoms with Gasteiger partial charge in [-0.1, -0.05) is 6.07 Å². The van der Waals surface area contributed by atoms with Crippen molar-refractivity contribution in [3.05, 3.63) is 42.0 Å². The third-order valence-corrected chi connectivity index (χ3v) is 3.25. The Hall–Kier alpha value is -2.23. The third-order valence-electron chi connectivity index (χ3n) is 3.25. The molecule has 0 unspecified atom stereocenters. The highest BCUT2D eigenvalue weighted by molar-refractivity contribution is 6.12. The Balaban J connectivity index is 2.24. The molecule has 1 fully saturated rings. The summed E-state index contributed by atoms with van der Waals surface area (Å²) in [4.78, 5) is 8.71. The maximum Gasteiger partial charge on any atom is 0.0997 e. The number of allylic oxidation sites excluding steroid dienone is 2. The van der Waals surface area contributed by atoms with Crippen molar-refractivity contribution in [3.63, 3.8) is 0 Å². The fraction of sp³-hybridized carbons (Fsp3) is 0.214. The van der Waals surface area contributed by atoms with Gasteiger partial charge < -0.3 is 11.1 Å². The summed E-state index contributed by atoms with van der Waals surface area (Å²) >= 11 is 0. The van der Waals surface area contributed by atoms with Crippen LogP contribution >= 0.6 is 0 Å². The Labute approximate surface area is 105 Å². The van der Waals surface area contributed by atoms with Crippen LogP contribution in [0.5, 0.6) is 0 Å². The van der Waals surface area contributed by atoms with Crippen LogP contribution in [-0.4, -0.2) is 16.2 Å². The predicted molar refractivity (Wildman–Crippen MR) is 72.2 cm³/mol. The van der Waals surface area contributed by atoms with Crippen LogP contribution < -0.4 is 5.73 Å². The Morgan fingerprint density at radius 1 is 1.28 bits per heavy atom. The Morgan fingerprint density at radius 3 is 2.83 bits per heavy atom. The van der Waals surface area contributed by atoms with Gasteiger partial charge in [-0.25, -0.2) is 0 Å². The molecule has 4 nitrogen and oxygen atoms in total. The number of fused-ring (bicyclic) bond motifs is 1. The van der Waals surface area contributed by atoms with Gasteiger partial charge in [0, 0.05) is 35.3 Å². The number of hydrogen-bond acceptors (Lipinski definition) is 4. The average Bonchev–Trinajstić information content (AvgIpc) is 3.24. The summed E-state index contributed by atoms with van der Waals surface area (Å²) in [6.07, 6.45) is 7.00.